The summed E-state index contributed by atoms with van der Waals surface area (Å²) in [5.74, 6) is -0.166. The van der Waals surface area contributed by atoms with Crippen LogP contribution in [0.3, 0.4) is 0 Å². The Morgan fingerprint density at radius 3 is 2.82 bits per heavy atom. The van der Waals surface area contributed by atoms with Crippen molar-refractivity contribution in [3.63, 3.8) is 0 Å². The standard InChI is InChI=1S/C10H9ClN4O2/c11-7-5-8(6-1-3-13-4-2-6)14-10(12)9(7)15(16)17/h1,3,5H,2,4H2,(H2,12,14). The summed E-state index contributed by atoms with van der Waals surface area (Å²) < 4.78 is 0. The highest BCUT2D eigenvalue weighted by Gasteiger charge is 2.20. The molecular formula is C10H9ClN4O2. The van der Waals surface area contributed by atoms with Crippen LogP contribution in [0.25, 0.3) is 5.57 Å². The molecule has 2 heterocycles. The minimum atomic E-state index is -0.634. The van der Waals surface area contributed by atoms with Crippen molar-refractivity contribution in [2.45, 2.75) is 6.42 Å². The first kappa shape index (κ1) is 11.5. The molecule has 0 radical (unpaired) electrons. The Kier molecular flexibility index (Phi) is 3.06. The first-order valence-corrected chi connectivity index (χ1v) is 5.27. The number of nitrogens with zero attached hydrogens (tertiary/aromatic N) is 3. The van der Waals surface area contributed by atoms with Crippen LogP contribution in [-0.4, -0.2) is 22.7 Å². The van der Waals surface area contributed by atoms with Gasteiger partial charge in [-0.3, -0.25) is 15.1 Å². The topological polar surface area (TPSA) is 94.4 Å². The number of dihydropyridines is 1. The predicted octanol–water partition coefficient (Wildman–Crippen LogP) is 2.08. The maximum absolute atomic E-state index is 10.7. The fourth-order valence-corrected chi connectivity index (χ4v) is 1.84. The number of pyridine rings is 1. The van der Waals surface area contributed by atoms with Gasteiger partial charge in [0.15, 0.2) is 0 Å². The summed E-state index contributed by atoms with van der Waals surface area (Å²) in [6.45, 7) is 0.669. The fourth-order valence-electron chi connectivity index (χ4n) is 1.57. The van der Waals surface area contributed by atoms with Crippen LogP contribution in [0.15, 0.2) is 17.1 Å². The van der Waals surface area contributed by atoms with E-state index in [1.54, 1.807) is 12.3 Å². The van der Waals surface area contributed by atoms with Gasteiger partial charge in [0.2, 0.25) is 5.82 Å². The van der Waals surface area contributed by atoms with Gasteiger partial charge < -0.3 is 5.73 Å². The van der Waals surface area contributed by atoms with Crippen LogP contribution >= 0.6 is 11.6 Å². The van der Waals surface area contributed by atoms with Crippen LogP contribution in [0, 0.1) is 10.1 Å². The van der Waals surface area contributed by atoms with Crippen molar-refractivity contribution in [3.8, 4) is 0 Å². The molecule has 1 aliphatic rings. The van der Waals surface area contributed by atoms with Crippen molar-refractivity contribution in [2.75, 3.05) is 12.3 Å². The van der Waals surface area contributed by atoms with Crippen LogP contribution in [-0.2, 0) is 0 Å². The first-order chi connectivity index (χ1) is 8.09. The molecule has 7 heteroatoms. The molecule has 6 nitrogen and oxygen atoms in total. The van der Waals surface area contributed by atoms with Crippen LogP contribution < -0.4 is 5.73 Å². The Labute approximate surface area is 102 Å². The smallest absolute Gasteiger partial charge is 0.329 e. The van der Waals surface area contributed by atoms with Crippen molar-refractivity contribution in [1.82, 2.24) is 4.98 Å². The van der Waals surface area contributed by atoms with E-state index in [2.05, 4.69) is 9.98 Å². The lowest BCUT2D eigenvalue weighted by atomic mass is 10.1. The third-order valence-corrected chi connectivity index (χ3v) is 2.66. The zero-order valence-corrected chi connectivity index (χ0v) is 9.52. The highest BCUT2D eigenvalue weighted by Crippen LogP contribution is 2.32. The molecule has 1 aromatic rings. The van der Waals surface area contributed by atoms with Crippen LogP contribution in [0.5, 0.6) is 0 Å². The van der Waals surface area contributed by atoms with Crippen molar-refractivity contribution in [2.24, 2.45) is 4.99 Å². The molecule has 1 aromatic heterocycles. The molecule has 17 heavy (non-hydrogen) atoms. The number of rotatable bonds is 2. The van der Waals surface area contributed by atoms with E-state index in [-0.39, 0.29) is 16.5 Å². The number of anilines is 1. The van der Waals surface area contributed by atoms with Crippen molar-refractivity contribution < 1.29 is 4.92 Å². The zero-order chi connectivity index (χ0) is 12.4. The molecule has 0 fully saturated rings. The number of hydrogen-bond acceptors (Lipinski definition) is 5. The van der Waals surface area contributed by atoms with Gasteiger partial charge in [0, 0.05) is 12.8 Å². The second-order valence-electron chi connectivity index (χ2n) is 3.48. The quantitative estimate of drug-likeness (QED) is 0.644. The second kappa shape index (κ2) is 4.50. The molecule has 0 saturated heterocycles. The van der Waals surface area contributed by atoms with Crippen LogP contribution in [0.1, 0.15) is 12.1 Å². The van der Waals surface area contributed by atoms with Gasteiger partial charge in [-0.1, -0.05) is 11.6 Å². The van der Waals surface area contributed by atoms with E-state index in [0.29, 0.717) is 12.2 Å². The minimum Gasteiger partial charge on any atom is -0.378 e. The maximum Gasteiger partial charge on any atom is 0.329 e. The van der Waals surface area contributed by atoms with E-state index in [1.807, 2.05) is 0 Å². The third kappa shape index (κ3) is 2.26. The monoisotopic (exact) mass is 252 g/mol. The Morgan fingerprint density at radius 1 is 1.53 bits per heavy atom. The molecule has 0 unspecified atom stereocenters. The highest BCUT2D eigenvalue weighted by molar-refractivity contribution is 6.33. The highest BCUT2D eigenvalue weighted by atomic mass is 35.5. The summed E-state index contributed by atoms with van der Waals surface area (Å²) in [6, 6.07) is 1.46. The molecule has 0 amide bonds. The van der Waals surface area contributed by atoms with Gasteiger partial charge in [-0.15, -0.1) is 0 Å². The van der Waals surface area contributed by atoms with E-state index in [9.17, 15) is 10.1 Å². The molecule has 0 spiro atoms. The molecule has 1 aliphatic heterocycles. The van der Waals surface area contributed by atoms with Crippen LogP contribution in [0.4, 0.5) is 11.5 Å². The zero-order valence-electron chi connectivity index (χ0n) is 8.76. The number of halogens is 1. The van der Waals surface area contributed by atoms with E-state index < -0.39 is 4.92 Å². The summed E-state index contributed by atoms with van der Waals surface area (Å²) in [5, 5.41) is 10.7. The average Bonchev–Trinajstić information content (AvgIpc) is 2.28. The molecule has 2 N–H and O–H groups in total. The van der Waals surface area contributed by atoms with Crippen LogP contribution in [0.2, 0.25) is 5.02 Å². The van der Waals surface area contributed by atoms with Gasteiger partial charge in [-0.25, -0.2) is 4.98 Å². The van der Waals surface area contributed by atoms with Crippen molar-refractivity contribution in [1.29, 1.82) is 0 Å². The Morgan fingerprint density at radius 2 is 2.29 bits per heavy atom. The largest absolute Gasteiger partial charge is 0.378 e. The summed E-state index contributed by atoms with van der Waals surface area (Å²) in [4.78, 5) is 18.1. The second-order valence-corrected chi connectivity index (χ2v) is 3.88. The lowest BCUT2D eigenvalue weighted by Gasteiger charge is -2.09. The van der Waals surface area contributed by atoms with Gasteiger partial charge in [0.25, 0.3) is 0 Å². The number of hydrogen-bond donors (Lipinski definition) is 1. The lowest BCUT2D eigenvalue weighted by Crippen LogP contribution is -2.04. The lowest BCUT2D eigenvalue weighted by molar-refractivity contribution is -0.384. The minimum absolute atomic E-state index is 0.000845. The number of nitrogens with two attached hydrogens (primary N) is 1. The molecule has 88 valence electrons. The first-order valence-electron chi connectivity index (χ1n) is 4.89. The van der Waals surface area contributed by atoms with Gasteiger partial charge in [-0.2, -0.15) is 0 Å². The SMILES string of the molecule is Nc1nc(C2=CC=NCC2)cc(Cl)c1[N+](=O)[O-]. The molecule has 0 aromatic carbocycles. The molecule has 0 bridgehead atoms. The van der Waals surface area contributed by atoms with Crippen molar-refractivity contribution in [3.05, 3.63) is 33.0 Å². The molecular weight excluding hydrogens is 244 g/mol. The number of nitrogen functional groups attached to an aromatic ring is 1. The third-order valence-electron chi connectivity index (χ3n) is 2.38. The summed E-state index contributed by atoms with van der Waals surface area (Å²) in [6.07, 6.45) is 4.19. The van der Waals surface area contributed by atoms with E-state index in [4.69, 9.17) is 17.3 Å². The number of allylic oxidation sites excluding steroid dienone is 1. The Bertz CT molecular complexity index is 516. The van der Waals surface area contributed by atoms with E-state index in [0.717, 1.165) is 12.0 Å². The summed E-state index contributed by atoms with van der Waals surface area (Å²) >= 11 is 5.83. The van der Waals surface area contributed by atoms with Gasteiger partial charge in [0.1, 0.15) is 5.02 Å². The predicted molar refractivity (Wildman–Crippen MR) is 66.3 cm³/mol. The molecule has 0 saturated carbocycles. The Hall–Kier alpha value is -1.95. The molecule has 2 rings (SSSR count). The maximum atomic E-state index is 10.7. The van der Waals surface area contributed by atoms with E-state index in [1.165, 1.54) is 6.07 Å². The van der Waals surface area contributed by atoms with Gasteiger partial charge in [0.05, 0.1) is 10.6 Å². The van der Waals surface area contributed by atoms with Gasteiger partial charge in [-0.05, 0) is 24.1 Å². The Balaban J connectivity index is 2.48. The normalized spacial score (nSPS) is 14.5. The average molecular weight is 253 g/mol. The molecule has 0 aliphatic carbocycles. The summed E-state index contributed by atoms with van der Waals surface area (Å²) in [5.41, 5.74) is 6.66. The fraction of sp³-hybridized carbons (Fsp3) is 0.200. The van der Waals surface area contributed by atoms with E-state index >= 15 is 0 Å². The molecule has 0 atom stereocenters. The summed E-state index contributed by atoms with van der Waals surface area (Å²) in [7, 11) is 0. The number of aliphatic imine (C=N–C) groups is 1. The van der Waals surface area contributed by atoms with Crippen molar-refractivity contribution >= 4 is 34.9 Å². The van der Waals surface area contributed by atoms with Gasteiger partial charge >= 0.3 is 5.69 Å². The number of aromatic nitrogens is 1. The number of nitro groups is 1.